The standard InChI is InChI=1S/C14H23NO4/c1-6-14(10-15,12(17)18-7-2)9-8-11(16)19-13(3,4)5/h6-9H2,1-5H3. The maximum absolute atomic E-state index is 11.8. The van der Waals surface area contributed by atoms with Gasteiger partial charge >= 0.3 is 11.9 Å². The first-order chi connectivity index (χ1) is 8.70. The average molecular weight is 269 g/mol. The number of carbonyl (C=O) groups excluding carboxylic acids is 2. The summed E-state index contributed by atoms with van der Waals surface area (Å²) in [5, 5.41) is 9.22. The van der Waals surface area contributed by atoms with Crippen LogP contribution in [0.5, 0.6) is 0 Å². The Morgan fingerprint density at radius 3 is 2.16 bits per heavy atom. The second-order valence-electron chi connectivity index (χ2n) is 5.35. The monoisotopic (exact) mass is 269 g/mol. The van der Waals surface area contributed by atoms with E-state index in [1.54, 1.807) is 34.6 Å². The van der Waals surface area contributed by atoms with E-state index in [0.717, 1.165) is 0 Å². The molecule has 0 saturated heterocycles. The third-order valence-corrected chi connectivity index (χ3v) is 2.66. The van der Waals surface area contributed by atoms with Crippen LogP contribution in [0.2, 0.25) is 0 Å². The van der Waals surface area contributed by atoms with Crippen LogP contribution < -0.4 is 0 Å². The zero-order valence-corrected chi connectivity index (χ0v) is 12.4. The van der Waals surface area contributed by atoms with E-state index in [9.17, 15) is 14.9 Å². The molecule has 0 heterocycles. The summed E-state index contributed by atoms with van der Waals surface area (Å²) in [5.41, 5.74) is -1.82. The first-order valence-electron chi connectivity index (χ1n) is 6.51. The van der Waals surface area contributed by atoms with Gasteiger partial charge in [-0.1, -0.05) is 6.92 Å². The minimum atomic E-state index is -1.26. The van der Waals surface area contributed by atoms with Gasteiger partial charge in [-0.2, -0.15) is 5.26 Å². The van der Waals surface area contributed by atoms with Crippen molar-refractivity contribution in [3.63, 3.8) is 0 Å². The molecule has 0 aromatic heterocycles. The van der Waals surface area contributed by atoms with E-state index in [2.05, 4.69) is 0 Å². The summed E-state index contributed by atoms with van der Waals surface area (Å²) in [7, 11) is 0. The van der Waals surface area contributed by atoms with E-state index in [1.165, 1.54) is 0 Å². The molecule has 0 spiro atoms. The molecule has 0 saturated carbocycles. The molecule has 19 heavy (non-hydrogen) atoms. The van der Waals surface area contributed by atoms with Crippen molar-refractivity contribution in [3.8, 4) is 6.07 Å². The molecule has 0 rings (SSSR count). The maximum atomic E-state index is 11.8. The van der Waals surface area contributed by atoms with Crippen molar-refractivity contribution in [1.82, 2.24) is 0 Å². The van der Waals surface area contributed by atoms with E-state index < -0.39 is 23.0 Å². The Labute approximate surface area is 114 Å². The van der Waals surface area contributed by atoms with Gasteiger partial charge in [-0.05, 0) is 40.5 Å². The number of rotatable bonds is 6. The summed E-state index contributed by atoms with van der Waals surface area (Å²) < 4.78 is 10.1. The molecule has 0 aromatic rings. The number of esters is 2. The minimum absolute atomic E-state index is 0.0253. The van der Waals surface area contributed by atoms with Crippen LogP contribution in [0.25, 0.3) is 0 Å². The Bertz CT molecular complexity index is 365. The number of nitrogens with zero attached hydrogens (tertiary/aromatic N) is 1. The zero-order valence-electron chi connectivity index (χ0n) is 12.4. The van der Waals surface area contributed by atoms with Gasteiger partial charge in [0, 0.05) is 6.42 Å². The SMILES string of the molecule is CCOC(=O)C(C#N)(CC)CCC(=O)OC(C)(C)C. The largest absolute Gasteiger partial charge is 0.465 e. The third-order valence-electron chi connectivity index (χ3n) is 2.66. The van der Waals surface area contributed by atoms with Crippen LogP contribution in [0.1, 0.15) is 53.9 Å². The topological polar surface area (TPSA) is 76.4 Å². The van der Waals surface area contributed by atoms with Gasteiger partial charge in [-0.15, -0.1) is 0 Å². The zero-order chi connectivity index (χ0) is 15.1. The molecule has 0 aliphatic rings. The molecule has 0 N–H and O–H groups in total. The van der Waals surface area contributed by atoms with Crippen molar-refractivity contribution in [2.24, 2.45) is 5.41 Å². The molecule has 0 bridgehead atoms. The van der Waals surface area contributed by atoms with Gasteiger partial charge in [-0.25, -0.2) is 0 Å². The Kier molecular flexibility index (Phi) is 6.54. The van der Waals surface area contributed by atoms with E-state index in [1.807, 2.05) is 6.07 Å². The van der Waals surface area contributed by atoms with Gasteiger partial charge in [0.15, 0.2) is 5.41 Å². The molecular weight excluding hydrogens is 246 g/mol. The highest BCUT2D eigenvalue weighted by Gasteiger charge is 2.39. The first kappa shape index (κ1) is 17.4. The molecule has 1 unspecified atom stereocenters. The summed E-state index contributed by atoms with van der Waals surface area (Å²) >= 11 is 0. The lowest BCUT2D eigenvalue weighted by atomic mass is 9.82. The summed E-state index contributed by atoms with van der Waals surface area (Å²) in [6.45, 7) is 8.95. The number of carbonyl (C=O) groups is 2. The van der Waals surface area contributed by atoms with Gasteiger partial charge in [0.25, 0.3) is 0 Å². The Morgan fingerprint density at radius 1 is 1.21 bits per heavy atom. The molecule has 0 aliphatic heterocycles. The van der Waals surface area contributed by atoms with Gasteiger partial charge in [0.2, 0.25) is 0 Å². The van der Waals surface area contributed by atoms with Crippen LogP contribution in [0.3, 0.4) is 0 Å². The van der Waals surface area contributed by atoms with Gasteiger partial charge in [0.1, 0.15) is 5.60 Å². The van der Waals surface area contributed by atoms with Crippen molar-refractivity contribution >= 4 is 11.9 Å². The van der Waals surface area contributed by atoms with Crippen LogP contribution >= 0.6 is 0 Å². The van der Waals surface area contributed by atoms with Crippen LogP contribution in [-0.4, -0.2) is 24.1 Å². The second-order valence-corrected chi connectivity index (χ2v) is 5.35. The lowest BCUT2D eigenvalue weighted by molar-refractivity contribution is -0.157. The van der Waals surface area contributed by atoms with Crippen molar-refractivity contribution in [1.29, 1.82) is 5.26 Å². The van der Waals surface area contributed by atoms with Crippen LogP contribution in [0.15, 0.2) is 0 Å². The van der Waals surface area contributed by atoms with Crippen molar-refractivity contribution < 1.29 is 19.1 Å². The number of hydrogen-bond donors (Lipinski definition) is 0. The quantitative estimate of drug-likeness (QED) is 0.693. The molecule has 5 heteroatoms. The van der Waals surface area contributed by atoms with Gasteiger partial charge < -0.3 is 9.47 Å². The minimum Gasteiger partial charge on any atom is -0.465 e. The second kappa shape index (κ2) is 7.13. The highest BCUT2D eigenvalue weighted by molar-refractivity contribution is 5.81. The number of ether oxygens (including phenoxy) is 2. The van der Waals surface area contributed by atoms with E-state index >= 15 is 0 Å². The highest BCUT2D eigenvalue weighted by Crippen LogP contribution is 2.29. The first-order valence-corrected chi connectivity index (χ1v) is 6.51. The fraction of sp³-hybridized carbons (Fsp3) is 0.786. The molecule has 0 fully saturated rings. The predicted molar refractivity (Wildman–Crippen MR) is 70.0 cm³/mol. The molecule has 0 radical (unpaired) electrons. The predicted octanol–water partition coefficient (Wildman–Crippen LogP) is 2.59. The molecular formula is C14H23NO4. The molecule has 0 amide bonds. The average Bonchev–Trinajstić information content (AvgIpc) is 2.29. The molecule has 0 aromatic carbocycles. The fourth-order valence-corrected chi connectivity index (χ4v) is 1.58. The van der Waals surface area contributed by atoms with Crippen molar-refractivity contribution in [3.05, 3.63) is 0 Å². The Balaban J connectivity index is 4.66. The van der Waals surface area contributed by atoms with E-state index in [0.29, 0.717) is 6.42 Å². The molecule has 0 aliphatic carbocycles. The summed E-state index contributed by atoms with van der Waals surface area (Å²) in [6.07, 6.45) is 0.455. The summed E-state index contributed by atoms with van der Waals surface area (Å²) in [6, 6.07) is 1.99. The van der Waals surface area contributed by atoms with Crippen molar-refractivity contribution in [2.45, 2.75) is 59.5 Å². The van der Waals surface area contributed by atoms with Crippen LogP contribution in [-0.2, 0) is 19.1 Å². The summed E-state index contributed by atoms with van der Waals surface area (Å²) in [4.78, 5) is 23.5. The van der Waals surface area contributed by atoms with E-state index in [-0.39, 0.29) is 19.4 Å². The maximum Gasteiger partial charge on any atom is 0.326 e. The normalized spacial score (nSPS) is 14.1. The lowest BCUT2D eigenvalue weighted by Crippen LogP contribution is -2.33. The van der Waals surface area contributed by atoms with Gasteiger partial charge in [0.05, 0.1) is 12.7 Å². The highest BCUT2D eigenvalue weighted by atomic mass is 16.6. The number of hydrogen-bond acceptors (Lipinski definition) is 5. The lowest BCUT2D eigenvalue weighted by Gasteiger charge is -2.24. The smallest absolute Gasteiger partial charge is 0.326 e. The third kappa shape index (κ3) is 5.73. The molecule has 5 nitrogen and oxygen atoms in total. The van der Waals surface area contributed by atoms with Crippen molar-refractivity contribution in [2.75, 3.05) is 6.61 Å². The van der Waals surface area contributed by atoms with Crippen LogP contribution in [0.4, 0.5) is 0 Å². The number of nitriles is 1. The fourth-order valence-electron chi connectivity index (χ4n) is 1.58. The van der Waals surface area contributed by atoms with Gasteiger partial charge in [-0.3, -0.25) is 9.59 Å². The molecule has 108 valence electrons. The van der Waals surface area contributed by atoms with E-state index in [4.69, 9.17) is 9.47 Å². The molecule has 1 atom stereocenters. The Morgan fingerprint density at radius 2 is 1.79 bits per heavy atom. The summed E-state index contributed by atoms with van der Waals surface area (Å²) in [5.74, 6) is -0.978. The Hall–Kier alpha value is -1.57. The van der Waals surface area contributed by atoms with Crippen LogP contribution in [0, 0.1) is 16.7 Å².